The second kappa shape index (κ2) is 13.3. The standard InChI is InChI=1S/C26H34N2O7/c1-26(2,3)35-25(31)28-22(17-34-16-19-9-7-6-8-10-19)23(29)27-21(24(30)33-5)15-18-11-13-20(32-4)14-12-18/h6-14,21-22H,15-17H2,1-5H3,(H,27,29)(H,28,31)/t21?,22-/m0/s1. The molecule has 0 saturated heterocycles. The van der Waals surface area contributed by atoms with Gasteiger partial charge in [0.05, 0.1) is 27.4 Å². The molecule has 0 aliphatic rings. The predicted octanol–water partition coefficient (Wildman–Crippen LogP) is 3.01. The van der Waals surface area contributed by atoms with Crippen molar-refractivity contribution < 1.29 is 33.3 Å². The normalized spacial score (nSPS) is 12.7. The third-order valence-corrected chi connectivity index (χ3v) is 4.80. The van der Waals surface area contributed by atoms with Crippen LogP contribution in [-0.2, 0) is 36.8 Å². The SMILES string of the molecule is COC(=O)C(Cc1ccc(OC)cc1)NC(=O)[C@H](COCc1ccccc1)NC(=O)OC(C)(C)C. The zero-order valence-electron chi connectivity index (χ0n) is 20.8. The van der Waals surface area contributed by atoms with Gasteiger partial charge in [0.15, 0.2) is 0 Å². The summed E-state index contributed by atoms with van der Waals surface area (Å²) in [7, 11) is 2.80. The molecule has 9 nitrogen and oxygen atoms in total. The van der Waals surface area contributed by atoms with Crippen molar-refractivity contribution in [1.29, 1.82) is 0 Å². The lowest BCUT2D eigenvalue weighted by molar-refractivity contribution is -0.145. The Balaban J connectivity index is 2.11. The minimum atomic E-state index is -1.10. The van der Waals surface area contributed by atoms with Gasteiger partial charge in [-0.1, -0.05) is 42.5 Å². The van der Waals surface area contributed by atoms with Crippen LogP contribution in [0.5, 0.6) is 5.75 Å². The van der Waals surface area contributed by atoms with Gasteiger partial charge >= 0.3 is 12.1 Å². The van der Waals surface area contributed by atoms with Crippen molar-refractivity contribution in [2.24, 2.45) is 0 Å². The summed E-state index contributed by atoms with van der Waals surface area (Å²) in [6, 6.07) is 14.4. The first-order valence-electron chi connectivity index (χ1n) is 11.2. The lowest BCUT2D eigenvalue weighted by atomic mass is 10.1. The zero-order valence-corrected chi connectivity index (χ0v) is 20.8. The fraction of sp³-hybridized carbons (Fsp3) is 0.423. The maximum atomic E-state index is 13.1. The average Bonchev–Trinajstić information content (AvgIpc) is 2.82. The topological polar surface area (TPSA) is 112 Å². The second-order valence-electron chi connectivity index (χ2n) is 8.84. The van der Waals surface area contributed by atoms with Crippen molar-refractivity contribution in [3.8, 4) is 5.75 Å². The second-order valence-corrected chi connectivity index (χ2v) is 8.84. The van der Waals surface area contributed by atoms with Crippen LogP contribution >= 0.6 is 0 Å². The highest BCUT2D eigenvalue weighted by molar-refractivity contribution is 5.90. The Hall–Kier alpha value is -3.59. The molecule has 0 aromatic heterocycles. The van der Waals surface area contributed by atoms with Gasteiger partial charge in [0.1, 0.15) is 23.4 Å². The Labute approximate surface area is 206 Å². The van der Waals surface area contributed by atoms with Crippen LogP contribution in [0.25, 0.3) is 0 Å². The van der Waals surface area contributed by atoms with E-state index >= 15 is 0 Å². The molecule has 0 aliphatic carbocycles. The number of hydrogen-bond donors (Lipinski definition) is 2. The largest absolute Gasteiger partial charge is 0.497 e. The van der Waals surface area contributed by atoms with Crippen molar-refractivity contribution in [3.05, 3.63) is 65.7 Å². The third-order valence-electron chi connectivity index (χ3n) is 4.80. The van der Waals surface area contributed by atoms with Crippen LogP contribution in [0, 0.1) is 0 Å². The molecule has 0 fully saturated rings. The van der Waals surface area contributed by atoms with E-state index in [4.69, 9.17) is 18.9 Å². The number of rotatable bonds is 11. The van der Waals surface area contributed by atoms with Crippen LogP contribution in [0.3, 0.4) is 0 Å². The lowest BCUT2D eigenvalue weighted by Gasteiger charge is -2.25. The van der Waals surface area contributed by atoms with Crippen LogP contribution in [0.2, 0.25) is 0 Å². The van der Waals surface area contributed by atoms with Gasteiger partial charge in [0, 0.05) is 6.42 Å². The van der Waals surface area contributed by atoms with Crippen LogP contribution in [0.4, 0.5) is 4.79 Å². The summed E-state index contributed by atoms with van der Waals surface area (Å²) in [5.74, 6) is -0.548. The van der Waals surface area contributed by atoms with Crippen LogP contribution < -0.4 is 15.4 Å². The Morgan fingerprint density at radius 3 is 2.09 bits per heavy atom. The summed E-state index contributed by atoms with van der Waals surface area (Å²) in [5, 5.41) is 5.20. The minimum Gasteiger partial charge on any atom is -0.497 e. The van der Waals surface area contributed by atoms with Crippen molar-refractivity contribution in [2.75, 3.05) is 20.8 Å². The van der Waals surface area contributed by atoms with E-state index in [1.807, 2.05) is 30.3 Å². The highest BCUT2D eigenvalue weighted by Gasteiger charge is 2.29. The first kappa shape index (κ1) is 27.7. The van der Waals surface area contributed by atoms with Gasteiger partial charge in [-0.15, -0.1) is 0 Å². The summed E-state index contributed by atoms with van der Waals surface area (Å²) < 4.78 is 21.0. The summed E-state index contributed by atoms with van der Waals surface area (Å²) in [6.07, 6.45) is -0.586. The van der Waals surface area contributed by atoms with E-state index in [1.165, 1.54) is 7.11 Å². The van der Waals surface area contributed by atoms with Gasteiger partial charge in [-0.2, -0.15) is 0 Å². The molecule has 35 heavy (non-hydrogen) atoms. The molecule has 0 saturated carbocycles. The molecule has 0 bridgehead atoms. The van der Waals surface area contributed by atoms with Crippen molar-refractivity contribution in [2.45, 2.75) is 51.5 Å². The Bertz CT molecular complexity index is 956. The van der Waals surface area contributed by atoms with E-state index in [9.17, 15) is 14.4 Å². The molecule has 190 valence electrons. The molecular formula is C26H34N2O7. The third kappa shape index (κ3) is 10.1. The van der Waals surface area contributed by atoms with Crippen LogP contribution in [0.15, 0.2) is 54.6 Å². The van der Waals surface area contributed by atoms with Gasteiger partial charge in [-0.05, 0) is 44.0 Å². The van der Waals surface area contributed by atoms with E-state index in [-0.39, 0.29) is 19.6 Å². The number of methoxy groups -OCH3 is 2. The molecule has 2 amide bonds. The number of esters is 1. The molecule has 1 unspecified atom stereocenters. The number of carbonyl (C=O) groups is 3. The van der Waals surface area contributed by atoms with Gasteiger partial charge in [0.2, 0.25) is 5.91 Å². The highest BCUT2D eigenvalue weighted by Crippen LogP contribution is 2.13. The number of hydrogen-bond acceptors (Lipinski definition) is 7. The molecule has 2 rings (SSSR count). The lowest BCUT2D eigenvalue weighted by Crippen LogP contribution is -2.54. The molecule has 0 aliphatic heterocycles. The summed E-state index contributed by atoms with van der Waals surface area (Å²) in [4.78, 5) is 37.9. The number of alkyl carbamates (subject to hydrolysis) is 1. The van der Waals surface area contributed by atoms with Crippen LogP contribution in [0.1, 0.15) is 31.9 Å². The van der Waals surface area contributed by atoms with E-state index in [0.717, 1.165) is 11.1 Å². The van der Waals surface area contributed by atoms with Crippen molar-refractivity contribution in [1.82, 2.24) is 10.6 Å². The van der Waals surface area contributed by atoms with Crippen molar-refractivity contribution in [3.63, 3.8) is 0 Å². The predicted molar refractivity (Wildman–Crippen MR) is 130 cm³/mol. The number of ether oxygens (including phenoxy) is 4. The average molecular weight is 487 g/mol. The van der Waals surface area contributed by atoms with E-state index < -0.39 is 35.7 Å². The van der Waals surface area contributed by atoms with Gasteiger partial charge in [0.25, 0.3) is 0 Å². The van der Waals surface area contributed by atoms with Crippen LogP contribution in [-0.4, -0.2) is 56.5 Å². The molecule has 0 heterocycles. The van der Waals surface area contributed by atoms with E-state index in [0.29, 0.717) is 5.75 Å². The molecule has 2 aromatic rings. The smallest absolute Gasteiger partial charge is 0.408 e. The Kier molecular flexibility index (Phi) is 10.5. The van der Waals surface area contributed by atoms with Crippen molar-refractivity contribution >= 4 is 18.0 Å². The highest BCUT2D eigenvalue weighted by atomic mass is 16.6. The molecule has 9 heteroatoms. The summed E-state index contributed by atoms with van der Waals surface area (Å²) in [6.45, 7) is 5.27. The fourth-order valence-electron chi connectivity index (χ4n) is 3.11. The quantitative estimate of drug-likeness (QED) is 0.470. The molecule has 2 aromatic carbocycles. The first-order chi connectivity index (χ1) is 16.6. The summed E-state index contributed by atoms with van der Waals surface area (Å²) in [5.41, 5.74) is 0.952. The summed E-state index contributed by atoms with van der Waals surface area (Å²) >= 11 is 0. The van der Waals surface area contributed by atoms with E-state index in [1.54, 1.807) is 52.1 Å². The molecule has 2 atom stereocenters. The van der Waals surface area contributed by atoms with Gasteiger partial charge < -0.3 is 29.6 Å². The van der Waals surface area contributed by atoms with Gasteiger partial charge in [-0.3, -0.25) is 4.79 Å². The minimum absolute atomic E-state index is 0.129. The first-order valence-corrected chi connectivity index (χ1v) is 11.2. The maximum Gasteiger partial charge on any atom is 0.408 e. The number of amides is 2. The molecule has 0 radical (unpaired) electrons. The zero-order chi connectivity index (χ0) is 25.8. The number of carbonyl (C=O) groups excluding carboxylic acids is 3. The number of nitrogens with one attached hydrogen (secondary N) is 2. The van der Waals surface area contributed by atoms with E-state index in [2.05, 4.69) is 10.6 Å². The Morgan fingerprint density at radius 2 is 1.51 bits per heavy atom. The monoisotopic (exact) mass is 486 g/mol. The molecule has 0 spiro atoms. The Morgan fingerprint density at radius 1 is 0.857 bits per heavy atom. The molecule has 2 N–H and O–H groups in total. The maximum absolute atomic E-state index is 13.1. The van der Waals surface area contributed by atoms with Gasteiger partial charge in [-0.25, -0.2) is 9.59 Å². The number of benzene rings is 2. The molecular weight excluding hydrogens is 452 g/mol. The fourth-order valence-corrected chi connectivity index (χ4v) is 3.11.